The predicted octanol–water partition coefficient (Wildman–Crippen LogP) is -3.63. The van der Waals surface area contributed by atoms with Gasteiger partial charge in [-0.3, -0.25) is 0 Å². The van der Waals surface area contributed by atoms with Gasteiger partial charge in [-0.2, -0.15) is 0 Å². The molecule has 0 aliphatic rings. The van der Waals surface area contributed by atoms with Crippen LogP contribution < -0.4 is 113 Å². The van der Waals surface area contributed by atoms with Gasteiger partial charge < -0.3 is 18.9 Å². The largest absolute Gasteiger partial charge is 1.00 e. The van der Waals surface area contributed by atoms with Gasteiger partial charge in [0, 0.05) is 0 Å². The first-order chi connectivity index (χ1) is 7.56. The fraction of sp³-hybridized carbons (Fsp3) is 1.00. The summed E-state index contributed by atoms with van der Waals surface area (Å²) < 4.78 is 14.3. The molecule has 0 heterocycles. The van der Waals surface area contributed by atoms with Crippen LogP contribution in [0.15, 0.2) is 0 Å². The van der Waals surface area contributed by atoms with Gasteiger partial charge in [0.15, 0.2) is 0 Å². The average molecular weight is 328 g/mol. The van der Waals surface area contributed by atoms with Crippen molar-refractivity contribution < 1.29 is 122 Å². The van der Waals surface area contributed by atoms with Crippen LogP contribution in [-0.4, -0.2) is 6.61 Å². The molecule has 4 nitrogen and oxygen atoms in total. The van der Waals surface area contributed by atoms with Crippen molar-refractivity contribution in [3.63, 3.8) is 0 Å². The van der Waals surface area contributed by atoms with Crippen LogP contribution in [0.25, 0.3) is 0 Å². The molecule has 0 saturated carbocycles. The molecule has 0 unspecified atom stereocenters. The third-order valence-corrected chi connectivity index (χ3v) is 3.00. The minimum absolute atomic E-state index is 0. The van der Waals surface area contributed by atoms with Gasteiger partial charge in [-0.1, -0.05) is 58.3 Å². The van der Waals surface area contributed by atoms with E-state index in [1.165, 1.54) is 38.5 Å². The molecule has 0 saturated heterocycles. The molecule has 0 rings (SSSR count). The molecule has 0 aromatic heterocycles. The van der Waals surface area contributed by atoms with Crippen LogP contribution in [0.1, 0.15) is 64.7 Å². The number of hydrogen-bond acceptors (Lipinski definition) is 4. The van der Waals surface area contributed by atoms with E-state index < -0.39 is 7.82 Å². The Hall–Kier alpha value is 3.38. The number of rotatable bonds is 11. The van der Waals surface area contributed by atoms with E-state index in [0.29, 0.717) is 6.42 Å². The van der Waals surface area contributed by atoms with Crippen molar-refractivity contribution in [2.24, 2.45) is 0 Å². The minimum Gasteiger partial charge on any atom is -0.790 e. The average Bonchev–Trinajstić information content (AvgIpc) is 2.19. The standard InChI is InChI=1S/C11H25O4P.2K/c1-2-3-4-5-6-7-8-9-10-11-15-16(12,13)14;;/h2-11H2,1H3,(H2,12,13,14);;/q;2*+1/p-2. The van der Waals surface area contributed by atoms with Crippen LogP contribution in [0.2, 0.25) is 0 Å². The molecule has 0 amide bonds. The molecule has 0 bridgehead atoms. The van der Waals surface area contributed by atoms with Crippen LogP contribution in [0.5, 0.6) is 0 Å². The summed E-state index contributed by atoms with van der Waals surface area (Å²) in [4.78, 5) is 20.2. The van der Waals surface area contributed by atoms with Crippen molar-refractivity contribution in [2.75, 3.05) is 6.61 Å². The Bertz CT molecular complexity index is 199. The zero-order chi connectivity index (χ0) is 12.3. The zero-order valence-corrected chi connectivity index (χ0v) is 19.3. The zero-order valence-electron chi connectivity index (χ0n) is 12.2. The number of hydrogen-bond donors (Lipinski definition) is 0. The fourth-order valence-corrected chi connectivity index (χ4v) is 1.94. The molecular weight excluding hydrogens is 305 g/mol. The molecule has 7 heteroatoms. The normalized spacial score (nSPS) is 10.6. The van der Waals surface area contributed by atoms with E-state index in [4.69, 9.17) is 0 Å². The van der Waals surface area contributed by atoms with Crippen molar-refractivity contribution in [3.05, 3.63) is 0 Å². The van der Waals surface area contributed by atoms with Gasteiger partial charge in [-0.15, -0.1) is 0 Å². The number of unbranched alkanes of at least 4 members (excludes halogenated alkanes) is 8. The van der Waals surface area contributed by atoms with E-state index in [2.05, 4.69) is 11.4 Å². The van der Waals surface area contributed by atoms with E-state index in [1.54, 1.807) is 0 Å². The molecule has 0 N–H and O–H groups in total. The predicted molar refractivity (Wildman–Crippen MR) is 60.8 cm³/mol. The first-order valence-corrected chi connectivity index (χ1v) is 7.69. The van der Waals surface area contributed by atoms with E-state index in [0.717, 1.165) is 12.8 Å². The van der Waals surface area contributed by atoms with Crippen LogP contribution in [-0.2, 0) is 9.09 Å². The maximum Gasteiger partial charge on any atom is 1.00 e. The molecule has 0 spiro atoms. The third kappa shape index (κ3) is 24.4. The van der Waals surface area contributed by atoms with Gasteiger partial charge in [0.05, 0.1) is 14.4 Å². The Morgan fingerprint density at radius 2 is 1.22 bits per heavy atom. The van der Waals surface area contributed by atoms with Crippen LogP contribution in [0.4, 0.5) is 0 Å². The maximum atomic E-state index is 10.1. The summed E-state index contributed by atoms with van der Waals surface area (Å²) in [6, 6.07) is 0. The second-order valence-electron chi connectivity index (χ2n) is 4.11. The Labute approximate surface area is 196 Å². The Balaban J connectivity index is -0.00000112. The Morgan fingerprint density at radius 3 is 1.61 bits per heavy atom. The Kier molecular flexibility index (Phi) is 26.9. The van der Waals surface area contributed by atoms with Crippen LogP contribution in [0.3, 0.4) is 0 Å². The second kappa shape index (κ2) is 18.4. The summed E-state index contributed by atoms with van der Waals surface area (Å²) in [6.07, 6.45) is 10.3. The quantitative estimate of drug-likeness (QED) is 0.223. The van der Waals surface area contributed by atoms with E-state index >= 15 is 0 Å². The number of phosphoric acid groups is 1. The molecule has 0 aromatic carbocycles. The van der Waals surface area contributed by atoms with Crippen molar-refractivity contribution >= 4 is 7.82 Å². The van der Waals surface area contributed by atoms with Gasteiger partial charge in [0.25, 0.3) is 0 Å². The monoisotopic (exact) mass is 328 g/mol. The van der Waals surface area contributed by atoms with Gasteiger partial charge in [0.2, 0.25) is 0 Å². The summed E-state index contributed by atoms with van der Waals surface area (Å²) >= 11 is 0. The summed E-state index contributed by atoms with van der Waals surface area (Å²) in [5.74, 6) is 0. The van der Waals surface area contributed by atoms with Crippen LogP contribution in [0, 0.1) is 0 Å². The van der Waals surface area contributed by atoms with E-state index in [-0.39, 0.29) is 109 Å². The molecule has 0 fully saturated rings. The van der Waals surface area contributed by atoms with Gasteiger partial charge in [0.1, 0.15) is 0 Å². The first kappa shape index (κ1) is 26.3. The molecule has 0 atom stereocenters. The third-order valence-electron chi connectivity index (χ3n) is 2.50. The van der Waals surface area contributed by atoms with Gasteiger partial charge in [-0.05, 0) is 6.42 Å². The summed E-state index contributed by atoms with van der Waals surface area (Å²) in [6.45, 7) is 2.24. The Morgan fingerprint density at radius 1 is 0.833 bits per heavy atom. The topological polar surface area (TPSA) is 72.4 Å². The SMILES string of the molecule is CCCCCCCCCCCOP(=O)([O-])[O-].[K+].[K+]. The van der Waals surface area contributed by atoms with Crippen molar-refractivity contribution in [1.82, 2.24) is 0 Å². The maximum absolute atomic E-state index is 10.1. The van der Waals surface area contributed by atoms with E-state index in [9.17, 15) is 14.4 Å². The summed E-state index contributed by atoms with van der Waals surface area (Å²) in [7, 11) is -4.74. The van der Waals surface area contributed by atoms with Crippen LogP contribution >= 0.6 is 7.82 Å². The first-order valence-electron chi connectivity index (χ1n) is 6.23. The molecule has 0 radical (unpaired) electrons. The molecular formula is C11H23K2O4P. The molecule has 0 aromatic rings. The molecule has 18 heavy (non-hydrogen) atoms. The fourth-order valence-electron chi connectivity index (χ4n) is 1.59. The summed E-state index contributed by atoms with van der Waals surface area (Å²) in [5, 5.41) is 0. The summed E-state index contributed by atoms with van der Waals surface area (Å²) in [5.41, 5.74) is 0. The van der Waals surface area contributed by atoms with Gasteiger partial charge in [-0.25, -0.2) is 0 Å². The van der Waals surface area contributed by atoms with Crippen molar-refractivity contribution in [1.29, 1.82) is 0 Å². The smallest absolute Gasteiger partial charge is 0.790 e. The molecule has 98 valence electrons. The van der Waals surface area contributed by atoms with Crippen molar-refractivity contribution in [2.45, 2.75) is 64.7 Å². The number of phosphoric ester groups is 1. The van der Waals surface area contributed by atoms with Gasteiger partial charge >= 0.3 is 103 Å². The second-order valence-corrected chi connectivity index (χ2v) is 5.26. The van der Waals surface area contributed by atoms with Crippen molar-refractivity contribution in [3.8, 4) is 0 Å². The molecule has 0 aliphatic carbocycles. The molecule has 0 aliphatic heterocycles. The minimum atomic E-state index is -4.74. The van der Waals surface area contributed by atoms with E-state index in [1.807, 2.05) is 0 Å².